The van der Waals surface area contributed by atoms with Crippen LogP contribution in [0.1, 0.15) is 29.3 Å². The van der Waals surface area contributed by atoms with E-state index >= 15 is 0 Å². The first-order valence-electron chi connectivity index (χ1n) is 7.20. The lowest BCUT2D eigenvalue weighted by Crippen LogP contribution is -2.11. The molecular weight excluding hydrogens is 387 g/mol. The molecule has 25 heavy (non-hydrogen) atoms. The van der Waals surface area contributed by atoms with Gasteiger partial charge in [0.1, 0.15) is 0 Å². The van der Waals surface area contributed by atoms with Crippen molar-refractivity contribution in [2.45, 2.75) is 13.0 Å². The van der Waals surface area contributed by atoms with Crippen LogP contribution in [0.15, 0.2) is 46.9 Å². The van der Waals surface area contributed by atoms with Crippen LogP contribution in [0.3, 0.4) is 0 Å². The minimum Gasteiger partial charge on any atom is -0.449 e. The van der Waals surface area contributed by atoms with Gasteiger partial charge in [0, 0.05) is 5.56 Å². The summed E-state index contributed by atoms with van der Waals surface area (Å²) >= 11 is 18.0. The number of halogens is 3. The highest BCUT2D eigenvalue weighted by Crippen LogP contribution is 2.33. The second kappa shape index (κ2) is 7.44. The van der Waals surface area contributed by atoms with E-state index in [2.05, 4.69) is 10.2 Å². The van der Waals surface area contributed by atoms with Crippen molar-refractivity contribution in [2.24, 2.45) is 0 Å². The minimum absolute atomic E-state index is 0.00881. The summed E-state index contributed by atoms with van der Waals surface area (Å²) in [4.78, 5) is 12.4. The molecule has 0 spiro atoms. The molecule has 0 amide bonds. The predicted octanol–water partition coefficient (Wildman–Crippen LogP) is 5.61. The summed E-state index contributed by atoms with van der Waals surface area (Å²) in [6.07, 6.45) is -0.788. The molecule has 0 aliphatic heterocycles. The van der Waals surface area contributed by atoms with Crippen LogP contribution in [0.2, 0.25) is 15.1 Å². The maximum atomic E-state index is 12.4. The molecule has 8 heteroatoms. The molecule has 0 radical (unpaired) electrons. The lowest BCUT2D eigenvalue weighted by Gasteiger charge is -2.12. The molecule has 0 saturated heterocycles. The van der Waals surface area contributed by atoms with E-state index < -0.39 is 12.1 Å². The van der Waals surface area contributed by atoms with Crippen molar-refractivity contribution in [2.75, 3.05) is 0 Å². The van der Waals surface area contributed by atoms with Crippen LogP contribution < -0.4 is 0 Å². The summed E-state index contributed by atoms with van der Waals surface area (Å²) < 4.78 is 10.9. The lowest BCUT2D eigenvalue weighted by atomic mass is 10.2. The number of ether oxygens (including phenoxy) is 1. The third-order valence-electron chi connectivity index (χ3n) is 3.34. The van der Waals surface area contributed by atoms with Gasteiger partial charge in [0.25, 0.3) is 5.89 Å². The summed E-state index contributed by atoms with van der Waals surface area (Å²) in [6.45, 7) is 1.60. The first kappa shape index (κ1) is 17.7. The molecule has 0 saturated carbocycles. The quantitative estimate of drug-likeness (QED) is 0.422. The average Bonchev–Trinajstić information content (AvgIpc) is 3.09. The SMILES string of the molecule is C[C@H](OC(=O)c1c(Cl)ccc(Cl)c1Cl)c1nnc(-c2ccccc2)o1. The average molecular weight is 398 g/mol. The van der Waals surface area contributed by atoms with Crippen LogP contribution in [-0.2, 0) is 4.74 Å². The van der Waals surface area contributed by atoms with Crippen molar-refractivity contribution in [3.8, 4) is 11.5 Å². The van der Waals surface area contributed by atoms with Crippen molar-refractivity contribution in [3.05, 3.63) is 69.0 Å². The van der Waals surface area contributed by atoms with Crippen molar-refractivity contribution < 1.29 is 13.9 Å². The molecule has 0 bridgehead atoms. The number of nitrogens with zero attached hydrogens (tertiary/aromatic N) is 2. The summed E-state index contributed by atoms with van der Waals surface area (Å²) in [5.74, 6) is -0.247. The first-order chi connectivity index (χ1) is 12.0. The fourth-order valence-corrected chi connectivity index (χ4v) is 2.76. The molecule has 3 rings (SSSR count). The molecule has 0 aliphatic carbocycles. The first-order valence-corrected chi connectivity index (χ1v) is 8.34. The van der Waals surface area contributed by atoms with E-state index in [-0.39, 0.29) is 26.5 Å². The second-order valence-corrected chi connectivity index (χ2v) is 6.27. The molecule has 5 nitrogen and oxygen atoms in total. The Morgan fingerprint density at radius 1 is 1.04 bits per heavy atom. The Labute approximate surface area is 158 Å². The van der Waals surface area contributed by atoms with Crippen molar-refractivity contribution in [1.82, 2.24) is 10.2 Å². The van der Waals surface area contributed by atoms with Gasteiger partial charge < -0.3 is 9.15 Å². The highest BCUT2D eigenvalue weighted by atomic mass is 35.5. The Bertz CT molecular complexity index is 913. The minimum atomic E-state index is -0.788. The van der Waals surface area contributed by atoms with Crippen molar-refractivity contribution in [3.63, 3.8) is 0 Å². The van der Waals surface area contributed by atoms with Crippen LogP contribution >= 0.6 is 34.8 Å². The van der Waals surface area contributed by atoms with Crippen LogP contribution in [0, 0.1) is 0 Å². The Kier molecular flexibility index (Phi) is 5.27. The number of carbonyl (C=O) groups is 1. The van der Waals surface area contributed by atoms with Gasteiger partial charge >= 0.3 is 5.97 Å². The summed E-state index contributed by atoms with van der Waals surface area (Å²) in [5.41, 5.74) is 0.756. The number of hydrogen-bond donors (Lipinski definition) is 0. The van der Waals surface area contributed by atoms with Gasteiger partial charge in [-0.05, 0) is 31.2 Å². The van der Waals surface area contributed by atoms with Gasteiger partial charge in [-0.15, -0.1) is 10.2 Å². The Morgan fingerprint density at radius 2 is 1.72 bits per heavy atom. The van der Waals surface area contributed by atoms with E-state index in [1.54, 1.807) is 6.92 Å². The third kappa shape index (κ3) is 3.79. The van der Waals surface area contributed by atoms with Gasteiger partial charge in [0.15, 0.2) is 6.10 Å². The van der Waals surface area contributed by atoms with E-state index in [1.165, 1.54) is 12.1 Å². The fraction of sp³-hybridized carbons (Fsp3) is 0.118. The molecule has 1 aromatic heterocycles. The largest absolute Gasteiger partial charge is 0.449 e. The predicted molar refractivity (Wildman–Crippen MR) is 95.0 cm³/mol. The van der Waals surface area contributed by atoms with Crippen LogP contribution in [0.4, 0.5) is 0 Å². The number of hydrogen-bond acceptors (Lipinski definition) is 5. The standard InChI is InChI=1S/C17H11Cl3N2O3/c1-9(15-21-22-16(25-15)10-5-3-2-4-6-10)24-17(23)13-11(18)7-8-12(19)14(13)20/h2-9H,1H3/t9-/m0/s1. The maximum Gasteiger partial charge on any atom is 0.342 e. The normalized spacial score (nSPS) is 12.0. The van der Waals surface area contributed by atoms with Gasteiger partial charge in [-0.3, -0.25) is 0 Å². The number of esters is 1. The van der Waals surface area contributed by atoms with Crippen molar-refractivity contribution >= 4 is 40.8 Å². The monoisotopic (exact) mass is 396 g/mol. The van der Waals surface area contributed by atoms with Gasteiger partial charge in [0.2, 0.25) is 5.89 Å². The molecule has 2 aromatic carbocycles. The van der Waals surface area contributed by atoms with E-state index in [0.29, 0.717) is 5.89 Å². The molecule has 0 N–H and O–H groups in total. The van der Waals surface area contributed by atoms with Gasteiger partial charge in [-0.2, -0.15) is 0 Å². The number of carbonyl (C=O) groups excluding carboxylic acids is 1. The molecule has 1 atom stereocenters. The molecule has 0 aliphatic rings. The molecule has 3 aromatic rings. The third-order valence-corrected chi connectivity index (χ3v) is 4.46. The zero-order valence-corrected chi connectivity index (χ0v) is 15.1. The highest BCUT2D eigenvalue weighted by molar-refractivity contribution is 6.46. The summed E-state index contributed by atoms with van der Waals surface area (Å²) in [7, 11) is 0. The van der Waals surface area contributed by atoms with Gasteiger partial charge in [-0.25, -0.2) is 4.79 Å². The van der Waals surface area contributed by atoms with E-state index in [9.17, 15) is 4.79 Å². The summed E-state index contributed by atoms with van der Waals surface area (Å²) in [6, 6.07) is 12.2. The van der Waals surface area contributed by atoms with Crippen molar-refractivity contribution in [1.29, 1.82) is 0 Å². The zero-order valence-electron chi connectivity index (χ0n) is 12.9. The highest BCUT2D eigenvalue weighted by Gasteiger charge is 2.24. The molecule has 128 valence electrons. The van der Waals surface area contributed by atoms with Crippen LogP contribution in [-0.4, -0.2) is 16.2 Å². The van der Waals surface area contributed by atoms with Gasteiger partial charge in [-0.1, -0.05) is 53.0 Å². The van der Waals surface area contributed by atoms with E-state index in [0.717, 1.165) is 5.56 Å². The van der Waals surface area contributed by atoms with E-state index in [4.69, 9.17) is 44.0 Å². The number of benzene rings is 2. The van der Waals surface area contributed by atoms with Crippen LogP contribution in [0.5, 0.6) is 0 Å². The lowest BCUT2D eigenvalue weighted by molar-refractivity contribution is 0.0280. The van der Waals surface area contributed by atoms with Gasteiger partial charge in [0.05, 0.1) is 20.6 Å². The van der Waals surface area contributed by atoms with E-state index in [1.807, 2.05) is 30.3 Å². The van der Waals surface area contributed by atoms with Crippen LogP contribution in [0.25, 0.3) is 11.5 Å². The maximum absolute atomic E-state index is 12.4. The Balaban J connectivity index is 1.79. The fourth-order valence-electron chi connectivity index (χ4n) is 2.08. The topological polar surface area (TPSA) is 65.2 Å². The zero-order chi connectivity index (χ0) is 18.0. The summed E-state index contributed by atoms with van der Waals surface area (Å²) in [5, 5.41) is 8.25. The molecular formula is C17H11Cl3N2O3. The molecule has 1 heterocycles. The Hall–Kier alpha value is -2.08. The number of rotatable bonds is 4. The Morgan fingerprint density at radius 3 is 2.44 bits per heavy atom. The second-order valence-electron chi connectivity index (χ2n) is 5.08. The molecule has 0 fully saturated rings. The smallest absolute Gasteiger partial charge is 0.342 e. The molecule has 0 unspecified atom stereocenters. The number of aromatic nitrogens is 2.